The van der Waals surface area contributed by atoms with Crippen LogP contribution < -0.4 is 28.3 Å². The van der Waals surface area contributed by atoms with Crippen molar-refractivity contribution in [3.05, 3.63) is 58.6 Å². The average molecular weight is 1330 g/mol. The number of anilines is 1. The maximum absolute atomic E-state index is 12.0. The van der Waals surface area contributed by atoms with Crippen molar-refractivity contribution < 1.29 is 59.8 Å². The molecule has 0 spiro atoms. The van der Waals surface area contributed by atoms with Crippen molar-refractivity contribution in [2.75, 3.05) is 25.9 Å². The van der Waals surface area contributed by atoms with Crippen LogP contribution in [0.3, 0.4) is 0 Å². The van der Waals surface area contributed by atoms with Gasteiger partial charge in [0.1, 0.15) is 18.2 Å². The van der Waals surface area contributed by atoms with Crippen LogP contribution in [0.2, 0.25) is 5.02 Å². The van der Waals surface area contributed by atoms with Gasteiger partial charge in [0.15, 0.2) is 0 Å². The van der Waals surface area contributed by atoms with Gasteiger partial charge in [0.05, 0.1) is 19.9 Å². The molecule has 2 aliphatic rings. The van der Waals surface area contributed by atoms with Gasteiger partial charge in [0, 0.05) is 54.2 Å². The van der Waals surface area contributed by atoms with Crippen molar-refractivity contribution in [3.8, 4) is 5.75 Å². The van der Waals surface area contributed by atoms with E-state index in [1.807, 2.05) is 12.1 Å². The third-order valence-corrected chi connectivity index (χ3v) is 5.50. The second-order valence-corrected chi connectivity index (χ2v) is 24.4. The molecule has 1 aliphatic carbocycles. The number of benzene rings is 2. The second kappa shape index (κ2) is 21.7. The molecule has 2 aromatic carbocycles. The number of hydrogen-bond donors (Lipinski definition) is 1. The number of rotatable bonds is 3. The second-order valence-electron chi connectivity index (χ2n) is 7.36. The number of hydrogen-bond acceptors (Lipinski definition) is 9. The Labute approximate surface area is 324 Å². The third kappa shape index (κ3) is 13.1. The summed E-state index contributed by atoms with van der Waals surface area (Å²) in [5.41, 5.74) is 3.93. The first-order chi connectivity index (χ1) is 19.8. The normalized spacial score (nSPS) is 15.7. The van der Waals surface area contributed by atoms with E-state index >= 15 is 0 Å². The van der Waals surface area contributed by atoms with Crippen LogP contribution in [0.25, 0.3) is 0 Å². The zero-order valence-electron chi connectivity index (χ0n) is 21.4. The molecule has 0 fully saturated rings. The molecule has 0 saturated heterocycles. The first-order valence-corrected chi connectivity index (χ1v) is 30.2. The molecule has 1 aliphatic heterocycles. The number of carbonyl (C=O) groups excluding carboxylic acids is 3. The Balaban J connectivity index is 0.000000700. The number of halogens is 11. The number of nitrogens with zero attached hydrogens (tertiary/aromatic N) is 2. The molecule has 21 heteroatoms. The van der Waals surface area contributed by atoms with Gasteiger partial charge in [-0.05, 0) is 53.6 Å². The molecule has 0 aromatic heterocycles. The van der Waals surface area contributed by atoms with Crippen LogP contribution in [0.1, 0.15) is 11.1 Å². The van der Waals surface area contributed by atoms with E-state index in [-0.39, 0.29) is 36.4 Å². The van der Waals surface area contributed by atoms with Crippen LogP contribution >= 0.6 is 122 Å². The number of hydrazone groups is 1. The van der Waals surface area contributed by atoms with Crippen LogP contribution in [-0.2, 0) is 25.4 Å². The van der Waals surface area contributed by atoms with Gasteiger partial charge in [-0.25, -0.2) is 14.5 Å². The molecule has 10 nitrogen and oxygen atoms in total. The quantitative estimate of drug-likeness (QED) is 0.179. The number of imide groups is 1. The molecule has 0 bridgehead atoms. The molecule has 1 unspecified atom stereocenters. The summed E-state index contributed by atoms with van der Waals surface area (Å²) in [5.74, 6) is -0.932. The van der Waals surface area contributed by atoms with Crippen molar-refractivity contribution in [2.45, 2.75) is 18.4 Å². The maximum atomic E-state index is 12.0. The molecule has 0 radical (unpaired) electrons. The van der Waals surface area contributed by atoms with Gasteiger partial charge < -0.3 is 18.9 Å². The predicted octanol–water partition coefficient (Wildman–Crippen LogP) is 5.77. The van der Waals surface area contributed by atoms with Crippen molar-refractivity contribution in [1.29, 1.82) is 0 Å². The molecule has 1 heterocycles. The van der Waals surface area contributed by atoms with E-state index in [4.69, 9.17) is 32.7 Å². The Morgan fingerprint density at radius 3 is 2.16 bits per heavy atom. The average Bonchev–Trinajstić information content (AvgIpc) is 3.29. The van der Waals surface area contributed by atoms with E-state index in [1.54, 1.807) is 6.07 Å². The van der Waals surface area contributed by atoms with Gasteiger partial charge in [-0.2, -0.15) is 5.10 Å². The molecular weight excluding hydrogens is 1310 g/mol. The Morgan fingerprint density at radius 2 is 1.67 bits per heavy atom. The molecule has 242 valence electrons. The minimum absolute atomic E-state index is 0. The summed E-state index contributed by atoms with van der Waals surface area (Å²) in [6.07, 6.45) is -5.49. The summed E-state index contributed by atoms with van der Waals surface area (Å²) in [6.45, 7) is 0.181. The first kappa shape index (κ1) is 43.8. The van der Waals surface area contributed by atoms with Gasteiger partial charge in [-0.3, -0.25) is 10.2 Å². The van der Waals surface area contributed by atoms with Crippen LogP contribution in [0.4, 0.5) is 28.4 Å². The van der Waals surface area contributed by atoms with E-state index in [2.05, 4.69) is 94.5 Å². The number of nitrogens with one attached hydrogen (secondary N) is 1. The number of esters is 1. The fourth-order valence-electron chi connectivity index (χ4n) is 3.61. The third-order valence-electron chi connectivity index (χ3n) is 5.09. The number of carbonyl (C=O) groups is 3. The van der Waals surface area contributed by atoms with Crippen molar-refractivity contribution >= 4 is 150 Å². The molecule has 4 rings (SSSR count). The Morgan fingerprint density at radius 1 is 1.09 bits per heavy atom. The minimum atomic E-state index is -4.83. The Kier molecular flexibility index (Phi) is 22.1. The van der Waals surface area contributed by atoms with Crippen molar-refractivity contribution in [2.24, 2.45) is 5.10 Å². The summed E-state index contributed by atoms with van der Waals surface area (Å²) in [4.78, 5) is 34.8. The van der Waals surface area contributed by atoms with Crippen LogP contribution in [-0.4, -0.2) is 56.1 Å². The number of amides is 2. The molecule has 0 saturated carbocycles. The predicted molar refractivity (Wildman–Crippen MR) is 196 cm³/mol. The monoisotopic (exact) mass is 1330 g/mol. The molecule has 43 heavy (non-hydrogen) atoms. The number of ether oxygens (including phenoxy) is 4. The summed E-state index contributed by atoms with van der Waals surface area (Å²) in [6, 6.07) is 9.40. The zero-order valence-corrected chi connectivity index (χ0v) is 36.0. The van der Waals surface area contributed by atoms with E-state index in [0.717, 1.165) is 42.5 Å². The van der Waals surface area contributed by atoms with E-state index in [1.165, 1.54) is 7.11 Å². The molecule has 2 amide bonds. The molecule has 1 N–H and O–H groups in total. The van der Waals surface area contributed by atoms with Crippen LogP contribution in [0.5, 0.6) is 5.75 Å². The van der Waals surface area contributed by atoms with Gasteiger partial charge in [0.25, 0.3) is 0 Å². The fourth-order valence-corrected chi connectivity index (χ4v) is 3.97. The molecular formula is C22H19Cl2F3I6N3O7-. The summed E-state index contributed by atoms with van der Waals surface area (Å²) < 4.78 is 54.2. The first-order valence-electron chi connectivity index (χ1n) is 10.6. The van der Waals surface area contributed by atoms with Crippen molar-refractivity contribution in [3.63, 3.8) is 0 Å². The van der Waals surface area contributed by atoms with Gasteiger partial charge in [0.2, 0.25) is 5.60 Å². The zero-order chi connectivity index (χ0) is 32.1. The van der Waals surface area contributed by atoms with E-state index in [9.17, 15) is 27.6 Å². The summed E-state index contributed by atoms with van der Waals surface area (Å²) >= 11 is 20.7. The summed E-state index contributed by atoms with van der Waals surface area (Å²) in [5, 5.41) is 3.67. The number of alkyl halides is 3. The SMILES string of the molecule is COC(=O)C12Cc3cc(Cl)ccc3C1=NNCO2.COC(=O)N(C(=O)Cl)c1ccc(OC(F)(F)F)cc1.I.II.I[I-]I. The topological polar surface area (TPSA) is 116 Å². The van der Waals surface area contributed by atoms with E-state index < -0.39 is 35.1 Å². The molecule has 2 aromatic rings. The van der Waals surface area contributed by atoms with Crippen LogP contribution in [0.15, 0.2) is 47.6 Å². The van der Waals surface area contributed by atoms with Crippen LogP contribution in [0, 0.1) is 0 Å². The Bertz CT molecular complexity index is 1270. The van der Waals surface area contributed by atoms with Gasteiger partial charge in [-0.1, -0.05) is 17.7 Å². The fraction of sp³-hybridized carbons (Fsp3) is 0.273. The van der Waals surface area contributed by atoms with Gasteiger partial charge in [-0.15, -0.1) is 37.1 Å². The summed E-state index contributed by atoms with van der Waals surface area (Å²) in [7, 11) is 2.37. The Hall–Kier alpha value is 0.830. The number of fused-ring (bicyclic) bond motifs is 3. The van der Waals surface area contributed by atoms with Crippen molar-refractivity contribution in [1.82, 2.24) is 5.43 Å². The van der Waals surface area contributed by atoms with Gasteiger partial charge >= 0.3 is 74.3 Å². The van der Waals surface area contributed by atoms with E-state index in [0.29, 0.717) is 35.3 Å². The standard InChI is InChI=1S/C12H11ClN2O3.C10H7ClF3NO4.I3.I2.HI/c1-17-11(16)12-5-7-4-8(13)2-3-9(7)10(12)15-14-6-18-12;1-18-9(17)15(8(11)16)6-2-4-7(5-3-6)19-10(12,13)14;1-3-2;1-2;/h2-4,14H,5-6H2,1H3;2-5H,1H3;;;1H/q;;-1;;. The number of methoxy groups -OCH3 is 2. The molecule has 1 atom stereocenters.